The average Bonchev–Trinajstić information content (AvgIpc) is 2.42. The molecule has 2 rings (SSSR count). The molecule has 0 bridgehead atoms. The summed E-state index contributed by atoms with van der Waals surface area (Å²) >= 11 is 0. The van der Waals surface area contributed by atoms with E-state index in [0.29, 0.717) is 11.5 Å². The Morgan fingerprint density at radius 3 is 2.20 bits per heavy atom. The molecule has 0 fully saturated rings. The van der Waals surface area contributed by atoms with Crippen LogP contribution in [0, 0.1) is 13.8 Å². The summed E-state index contributed by atoms with van der Waals surface area (Å²) in [4.78, 5) is 12.2. The van der Waals surface area contributed by atoms with E-state index in [1.54, 1.807) is 0 Å². The molecule has 0 atom stereocenters. The van der Waals surface area contributed by atoms with Gasteiger partial charge in [0.15, 0.2) is 0 Å². The Kier molecular flexibility index (Phi) is 4.23. The van der Waals surface area contributed by atoms with Gasteiger partial charge in [0.25, 0.3) is 5.91 Å². The van der Waals surface area contributed by atoms with Gasteiger partial charge in [0.05, 0.1) is 0 Å². The van der Waals surface area contributed by atoms with Crippen LogP contribution < -0.4 is 5.32 Å². The minimum atomic E-state index is -0.0627. The van der Waals surface area contributed by atoms with Crippen LogP contribution in [-0.4, -0.2) is 5.91 Å². The number of carbonyl (C=O) groups excluding carboxylic acids is 1. The van der Waals surface area contributed by atoms with Gasteiger partial charge in [-0.15, -0.1) is 0 Å². The van der Waals surface area contributed by atoms with Crippen LogP contribution in [0.1, 0.15) is 46.8 Å². The fourth-order valence-corrected chi connectivity index (χ4v) is 2.17. The van der Waals surface area contributed by atoms with Gasteiger partial charge in [-0.05, 0) is 49.1 Å². The van der Waals surface area contributed by atoms with Crippen LogP contribution in [0.5, 0.6) is 0 Å². The molecular formula is C18H21NO. The molecule has 1 amide bonds. The van der Waals surface area contributed by atoms with Gasteiger partial charge in [0.1, 0.15) is 0 Å². The van der Waals surface area contributed by atoms with E-state index in [4.69, 9.17) is 0 Å². The molecule has 0 spiro atoms. The number of amides is 1. The van der Waals surface area contributed by atoms with Gasteiger partial charge in [0.2, 0.25) is 0 Å². The lowest BCUT2D eigenvalue weighted by molar-refractivity contribution is 0.102. The van der Waals surface area contributed by atoms with Crippen molar-refractivity contribution in [1.29, 1.82) is 0 Å². The molecule has 0 heterocycles. The Hall–Kier alpha value is -2.09. The summed E-state index contributed by atoms with van der Waals surface area (Å²) in [6, 6.07) is 13.8. The van der Waals surface area contributed by atoms with Crippen LogP contribution in [0.15, 0.2) is 42.5 Å². The highest BCUT2D eigenvalue weighted by molar-refractivity contribution is 6.04. The van der Waals surface area contributed by atoms with Gasteiger partial charge in [-0.2, -0.15) is 0 Å². The van der Waals surface area contributed by atoms with Crippen LogP contribution in [0.25, 0.3) is 0 Å². The summed E-state index contributed by atoms with van der Waals surface area (Å²) < 4.78 is 0. The predicted molar refractivity (Wildman–Crippen MR) is 84.4 cm³/mol. The molecule has 2 aromatic carbocycles. The molecule has 0 saturated heterocycles. The van der Waals surface area contributed by atoms with Crippen molar-refractivity contribution < 1.29 is 4.79 Å². The summed E-state index contributed by atoms with van der Waals surface area (Å²) in [5.74, 6) is 0.415. The van der Waals surface area contributed by atoms with Crippen molar-refractivity contribution in [2.45, 2.75) is 33.6 Å². The van der Waals surface area contributed by atoms with Crippen molar-refractivity contribution in [3.05, 3.63) is 64.7 Å². The van der Waals surface area contributed by atoms with E-state index in [1.807, 2.05) is 50.2 Å². The fourth-order valence-electron chi connectivity index (χ4n) is 2.17. The van der Waals surface area contributed by atoms with E-state index in [9.17, 15) is 4.79 Å². The highest BCUT2D eigenvalue weighted by Gasteiger charge is 2.08. The van der Waals surface area contributed by atoms with Gasteiger partial charge in [-0.3, -0.25) is 4.79 Å². The Bertz CT molecular complexity index is 612. The molecule has 0 aliphatic heterocycles. The number of benzene rings is 2. The molecule has 0 aliphatic carbocycles. The van der Waals surface area contributed by atoms with Gasteiger partial charge in [0, 0.05) is 11.3 Å². The third-order valence-electron chi connectivity index (χ3n) is 3.47. The first-order valence-electron chi connectivity index (χ1n) is 6.96. The largest absolute Gasteiger partial charge is 0.322 e. The van der Waals surface area contributed by atoms with E-state index in [0.717, 1.165) is 11.3 Å². The number of rotatable bonds is 3. The van der Waals surface area contributed by atoms with Gasteiger partial charge >= 0.3 is 0 Å². The first kappa shape index (κ1) is 14.3. The van der Waals surface area contributed by atoms with E-state index in [1.165, 1.54) is 11.1 Å². The maximum absolute atomic E-state index is 12.2. The molecule has 0 aromatic heterocycles. The normalized spacial score (nSPS) is 10.7. The standard InChI is InChI=1S/C18H21NO/c1-12(2)15-6-8-16(9-7-15)18(20)19-17-10-5-13(3)11-14(17)4/h5-12H,1-4H3,(H,19,20). The van der Waals surface area contributed by atoms with Gasteiger partial charge in [-0.25, -0.2) is 0 Å². The summed E-state index contributed by atoms with van der Waals surface area (Å²) in [6.45, 7) is 8.34. The Morgan fingerprint density at radius 2 is 1.65 bits per heavy atom. The minimum absolute atomic E-state index is 0.0627. The van der Waals surface area contributed by atoms with Crippen molar-refractivity contribution in [2.75, 3.05) is 5.32 Å². The molecule has 1 N–H and O–H groups in total. The molecule has 2 aromatic rings. The quantitative estimate of drug-likeness (QED) is 0.859. The molecule has 0 aliphatic rings. The van der Waals surface area contributed by atoms with Crippen molar-refractivity contribution in [3.8, 4) is 0 Å². The summed E-state index contributed by atoms with van der Waals surface area (Å²) in [7, 11) is 0. The molecule has 0 saturated carbocycles. The molecular weight excluding hydrogens is 246 g/mol. The highest BCUT2D eigenvalue weighted by atomic mass is 16.1. The monoisotopic (exact) mass is 267 g/mol. The Labute approximate surface area is 120 Å². The number of hydrogen-bond acceptors (Lipinski definition) is 1. The molecule has 2 heteroatoms. The maximum atomic E-state index is 12.2. The van der Waals surface area contributed by atoms with Crippen LogP contribution in [0.2, 0.25) is 0 Å². The fraction of sp³-hybridized carbons (Fsp3) is 0.278. The predicted octanol–water partition coefficient (Wildman–Crippen LogP) is 4.68. The highest BCUT2D eigenvalue weighted by Crippen LogP contribution is 2.18. The number of hydrogen-bond donors (Lipinski definition) is 1. The van der Waals surface area contributed by atoms with Crippen molar-refractivity contribution >= 4 is 11.6 Å². The van der Waals surface area contributed by atoms with Crippen LogP contribution in [0.4, 0.5) is 5.69 Å². The van der Waals surface area contributed by atoms with Crippen molar-refractivity contribution in [2.24, 2.45) is 0 Å². The number of anilines is 1. The first-order chi connectivity index (χ1) is 9.47. The summed E-state index contributed by atoms with van der Waals surface area (Å²) in [6.07, 6.45) is 0. The molecule has 104 valence electrons. The Morgan fingerprint density at radius 1 is 1.00 bits per heavy atom. The number of aryl methyl sites for hydroxylation is 2. The second-order valence-corrected chi connectivity index (χ2v) is 5.55. The third-order valence-corrected chi connectivity index (χ3v) is 3.47. The maximum Gasteiger partial charge on any atom is 0.255 e. The van der Waals surface area contributed by atoms with E-state index in [-0.39, 0.29) is 5.91 Å². The lowest BCUT2D eigenvalue weighted by atomic mass is 10.0. The molecule has 0 unspecified atom stereocenters. The zero-order chi connectivity index (χ0) is 14.7. The lowest BCUT2D eigenvalue weighted by Gasteiger charge is -2.10. The zero-order valence-corrected chi connectivity index (χ0v) is 12.5. The van der Waals surface area contributed by atoms with E-state index in [2.05, 4.69) is 25.2 Å². The molecule has 20 heavy (non-hydrogen) atoms. The Balaban J connectivity index is 2.15. The lowest BCUT2D eigenvalue weighted by Crippen LogP contribution is -2.12. The summed E-state index contributed by atoms with van der Waals surface area (Å²) in [5.41, 5.74) is 5.08. The second kappa shape index (κ2) is 5.91. The second-order valence-electron chi connectivity index (χ2n) is 5.55. The SMILES string of the molecule is Cc1ccc(NC(=O)c2ccc(C(C)C)cc2)c(C)c1. The number of carbonyl (C=O) groups is 1. The van der Waals surface area contributed by atoms with E-state index < -0.39 is 0 Å². The minimum Gasteiger partial charge on any atom is -0.322 e. The third kappa shape index (κ3) is 3.27. The smallest absolute Gasteiger partial charge is 0.255 e. The van der Waals surface area contributed by atoms with Crippen LogP contribution in [-0.2, 0) is 0 Å². The molecule has 2 nitrogen and oxygen atoms in total. The van der Waals surface area contributed by atoms with Crippen LogP contribution in [0.3, 0.4) is 0 Å². The van der Waals surface area contributed by atoms with Gasteiger partial charge < -0.3 is 5.32 Å². The molecule has 0 radical (unpaired) electrons. The first-order valence-corrected chi connectivity index (χ1v) is 6.96. The summed E-state index contributed by atoms with van der Waals surface area (Å²) in [5, 5.41) is 2.96. The van der Waals surface area contributed by atoms with Crippen molar-refractivity contribution in [3.63, 3.8) is 0 Å². The zero-order valence-electron chi connectivity index (χ0n) is 12.5. The van der Waals surface area contributed by atoms with Gasteiger partial charge in [-0.1, -0.05) is 43.7 Å². The average molecular weight is 267 g/mol. The number of nitrogens with one attached hydrogen (secondary N) is 1. The van der Waals surface area contributed by atoms with E-state index >= 15 is 0 Å². The van der Waals surface area contributed by atoms with Crippen molar-refractivity contribution in [1.82, 2.24) is 0 Å². The topological polar surface area (TPSA) is 29.1 Å². The van der Waals surface area contributed by atoms with Crippen LogP contribution >= 0.6 is 0 Å².